The molecule has 2 aromatic carbocycles. The monoisotopic (exact) mass is 291 g/mol. The molecule has 0 bridgehead atoms. The molecule has 0 unspecified atom stereocenters. The van der Waals surface area contributed by atoms with Crippen LogP contribution in [0, 0.1) is 0 Å². The van der Waals surface area contributed by atoms with Crippen LogP contribution in [0.1, 0.15) is 12.5 Å². The van der Waals surface area contributed by atoms with Gasteiger partial charge in [0.05, 0.1) is 13.7 Å². The number of nitrogens with one attached hydrogen (secondary N) is 1. The molecule has 2 rings (SSSR count). The van der Waals surface area contributed by atoms with Crippen LogP contribution in [0.4, 0.5) is 5.69 Å². The molecular formula is C16H18ClNO2. The summed E-state index contributed by atoms with van der Waals surface area (Å²) in [5.74, 6) is 1.51. The van der Waals surface area contributed by atoms with Crippen molar-refractivity contribution in [1.29, 1.82) is 0 Å². The lowest BCUT2D eigenvalue weighted by molar-refractivity contribution is 0.310. The molecule has 0 saturated heterocycles. The van der Waals surface area contributed by atoms with Crippen molar-refractivity contribution in [1.82, 2.24) is 0 Å². The van der Waals surface area contributed by atoms with E-state index in [-0.39, 0.29) is 0 Å². The number of methoxy groups -OCH3 is 1. The van der Waals surface area contributed by atoms with E-state index in [0.717, 1.165) is 27.8 Å². The number of halogens is 1. The van der Waals surface area contributed by atoms with Crippen molar-refractivity contribution in [3.05, 3.63) is 53.1 Å². The van der Waals surface area contributed by atoms with Crippen molar-refractivity contribution in [2.24, 2.45) is 0 Å². The zero-order valence-corrected chi connectivity index (χ0v) is 12.4. The van der Waals surface area contributed by atoms with Gasteiger partial charge in [0.2, 0.25) is 0 Å². The highest BCUT2D eigenvalue weighted by Gasteiger charge is 2.05. The molecule has 0 aliphatic carbocycles. The molecule has 4 heteroatoms. The third-order valence-electron chi connectivity index (χ3n) is 2.85. The smallest absolute Gasteiger partial charge is 0.161 e. The number of hydrogen-bond acceptors (Lipinski definition) is 3. The molecule has 0 fully saturated rings. The van der Waals surface area contributed by atoms with E-state index >= 15 is 0 Å². The van der Waals surface area contributed by atoms with Gasteiger partial charge in [-0.05, 0) is 42.8 Å². The highest BCUT2D eigenvalue weighted by Crippen LogP contribution is 2.28. The van der Waals surface area contributed by atoms with Gasteiger partial charge in [0.25, 0.3) is 0 Å². The minimum absolute atomic E-state index is 0.613. The quantitative estimate of drug-likeness (QED) is 0.858. The minimum Gasteiger partial charge on any atom is -0.493 e. The molecule has 1 N–H and O–H groups in total. The van der Waals surface area contributed by atoms with Crippen LogP contribution in [0.25, 0.3) is 0 Å². The number of hydrogen-bond donors (Lipinski definition) is 1. The number of rotatable bonds is 6. The topological polar surface area (TPSA) is 30.5 Å². The average Bonchev–Trinajstić information content (AvgIpc) is 2.46. The number of benzene rings is 2. The van der Waals surface area contributed by atoms with Crippen LogP contribution < -0.4 is 14.8 Å². The van der Waals surface area contributed by atoms with E-state index in [1.54, 1.807) is 7.11 Å². The van der Waals surface area contributed by atoms with Crippen LogP contribution in [0.3, 0.4) is 0 Å². The summed E-state index contributed by atoms with van der Waals surface area (Å²) in [7, 11) is 1.64. The maximum Gasteiger partial charge on any atom is 0.161 e. The lowest BCUT2D eigenvalue weighted by Gasteiger charge is -2.12. The molecule has 0 heterocycles. The van der Waals surface area contributed by atoms with Crippen LogP contribution in [0.15, 0.2) is 42.5 Å². The third kappa shape index (κ3) is 3.81. The molecular weight excluding hydrogens is 274 g/mol. The predicted octanol–water partition coefficient (Wildman–Crippen LogP) is 4.36. The van der Waals surface area contributed by atoms with Crippen LogP contribution in [-0.2, 0) is 6.54 Å². The molecule has 20 heavy (non-hydrogen) atoms. The van der Waals surface area contributed by atoms with Gasteiger partial charge >= 0.3 is 0 Å². The lowest BCUT2D eigenvalue weighted by Crippen LogP contribution is -2.01. The zero-order valence-electron chi connectivity index (χ0n) is 11.7. The number of anilines is 1. The first-order valence-corrected chi connectivity index (χ1v) is 6.90. The Labute approximate surface area is 124 Å². The largest absolute Gasteiger partial charge is 0.493 e. The molecule has 0 radical (unpaired) electrons. The van der Waals surface area contributed by atoms with Gasteiger partial charge in [-0.25, -0.2) is 0 Å². The fraction of sp³-hybridized carbons (Fsp3) is 0.250. The first-order chi connectivity index (χ1) is 9.72. The van der Waals surface area contributed by atoms with Gasteiger partial charge in [0, 0.05) is 17.3 Å². The van der Waals surface area contributed by atoms with Gasteiger partial charge in [0.15, 0.2) is 11.5 Å². The molecule has 0 aliphatic heterocycles. The van der Waals surface area contributed by atoms with E-state index in [9.17, 15) is 0 Å². The van der Waals surface area contributed by atoms with Crippen LogP contribution in [-0.4, -0.2) is 13.7 Å². The Morgan fingerprint density at radius 3 is 2.65 bits per heavy atom. The van der Waals surface area contributed by atoms with Crippen molar-refractivity contribution in [2.75, 3.05) is 19.0 Å². The van der Waals surface area contributed by atoms with Gasteiger partial charge in [0.1, 0.15) is 0 Å². The Bertz CT molecular complexity index is 572. The molecule has 106 valence electrons. The fourth-order valence-corrected chi connectivity index (χ4v) is 2.09. The molecule has 0 spiro atoms. The first kappa shape index (κ1) is 14.5. The molecule has 3 nitrogen and oxygen atoms in total. The SMILES string of the molecule is CCOc1cc(CNc2cccc(Cl)c2)ccc1OC. The van der Waals surface area contributed by atoms with Crippen LogP contribution in [0.2, 0.25) is 5.02 Å². The van der Waals surface area contributed by atoms with Crippen LogP contribution >= 0.6 is 11.6 Å². The second-order valence-corrected chi connectivity index (χ2v) is 4.72. The fourth-order valence-electron chi connectivity index (χ4n) is 1.90. The average molecular weight is 292 g/mol. The summed E-state index contributed by atoms with van der Waals surface area (Å²) in [6.45, 7) is 3.27. The standard InChI is InChI=1S/C16H18ClNO2/c1-3-20-16-9-12(7-8-15(16)19-2)11-18-14-6-4-5-13(17)10-14/h4-10,18H,3,11H2,1-2H3. The summed E-state index contributed by atoms with van der Waals surface area (Å²) in [6, 6.07) is 13.6. The van der Waals surface area contributed by atoms with Gasteiger partial charge in [-0.1, -0.05) is 23.7 Å². The van der Waals surface area contributed by atoms with Crippen molar-refractivity contribution in [2.45, 2.75) is 13.5 Å². The Hall–Kier alpha value is -1.87. The summed E-state index contributed by atoms with van der Waals surface area (Å²) in [6.07, 6.45) is 0. The van der Waals surface area contributed by atoms with Gasteiger partial charge < -0.3 is 14.8 Å². The summed E-state index contributed by atoms with van der Waals surface area (Å²) in [5, 5.41) is 4.05. The first-order valence-electron chi connectivity index (χ1n) is 6.52. The van der Waals surface area contributed by atoms with E-state index in [1.807, 2.05) is 49.4 Å². The molecule has 0 aromatic heterocycles. The number of ether oxygens (including phenoxy) is 2. The van der Waals surface area contributed by atoms with Crippen LogP contribution in [0.5, 0.6) is 11.5 Å². The van der Waals surface area contributed by atoms with Crippen molar-refractivity contribution >= 4 is 17.3 Å². The summed E-state index contributed by atoms with van der Waals surface area (Å²) in [5.41, 5.74) is 2.11. The normalized spacial score (nSPS) is 10.2. The zero-order chi connectivity index (χ0) is 14.4. The molecule has 0 atom stereocenters. The molecule has 0 amide bonds. The highest BCUT2D eigenvalue weighted by molar-refractivity contribution is 6.30. The maximum atomic E-state index is 5.96. The van der Waals surface area contributed by atoms with E-state index in [2.05, 4.69) is 5.32 Å². The molecule has 0 aliphatic rings. The van der Waals surface area contributed by atoms with E-state index in [0.29, 0.717) is 13.2 Å². The van der Waals surface area contributed by atoms with E-state index in [4.69, 9.17) is 21.1 Å². The second kappa shape index (κ2) is 7.06. The lowest BCUT2D eigenvalue weighted by atomic mass is 10.2. The second-order valence-electron chi connectivity index (χ2n) is 4.28. The minimum atomic E-state index is 0.613. The highest BCUT2D eigenvalue weighted by atomic mass is 35.5. The Kier molecular flexibility index (Phi) is 5.13. The Morgan fingerprint density at radius 1 is 1.10 bits per heavy atom. The Morgan fingerprint density at radius 2 is 1.95 bits per heavy atom. The summed E-state index contributed by atoms with van der Waals surface area (Å²) in [4.78, 5) is 0. The van der Waals surface area contributed by atoms with Gasteiger partial charge in [-0.2, -0.15) is 0 Å². The van der Waals surface area contributed by atoms with Gasteiger partial charge in [-0.3, -0.25) is 0 Å². The van der Waals surface area contributed by atoms with Crippen molar-refractivity contribution in [3.8, 4) is 11.5 Å². The van der Waals surface area contributed by atoms with Gasteiger partial charge in [-0.15, -0.1) is 0 Å². The molecule has 2 aromatic rings. The van der Waals surface area contributed by atoms with Crippen molar-refractivity contribution < 1.29 is 9.47 Å². The predicted molar refractivity (Wildman–Crippen MR) is 82.9 cm³/mol. The Balaban J connectivity index is 2.07. The van der Waals surface area contributed by atoms with Crippen molar-refractivity contribution in [3.63, 3.8) is 0 Å². The van der Waals surface area contributed by atoms with E-state index in [1.165, 1.54) is 0 Å². The maximum absolute atomic E-state index is 5.96. The van der Waals surface area contributed by atoms with E-state index < -0.39 is 0 Å². The third-order valence-corrected chi connectivity index (χ3v) is 3.08. The summed E-state index contributed by atoms with van der Waals surface area (Å²) < 4.78 is 10.8. The molecule has 0 saturated carbocycles. The summed E-state index contributed by atoms with van der Waals surface area (Å²) >= 11 is 5.96.